The number of amides is 2. The van der Waals surface area contributed by atoms with Crippen molar-refractivity contribution in [3.05, 3.63) is 0 Å². The highest BCUT2D eigenvalue weighted by Gasteiger charge is 2.54. The van der Waals surface area contributed by atoms with Gasteiger partial charge in [0.25, 0.3) is 0 Å². The lowest BCUT2D eigenvalue weighted by Gasteiger charge is -2.48. The molecular weight excluding hydrogens is 600 g/mol. The van der Waals surface area contributed by atoms with Gasteiger partial charge in [-0.25, -0.2) is 0 Å². The van der Waals surface area contributed by atoms with Gasteiger partial charge in [-0.1, -0.05) is 0 Å². The van der Waals surface area contributed by atoms with Crippen LogP contribution in [0.1, 0.15) is 20.3 Å². The van der Waals surface area contributed by atoms with E-state index in [1.54, 1.807) is 0 Å². The number of carbonyl (C=O) groups is 2. The van der Waals surface area contributed by atoms with Crippen LogP contribution >= 0.6 is 0 Å². The first-order valence-corrected chi connectivity index (χ1v) is 14.2. The molecule has 11 N–H and O–H groups in total. The summed E-state index contributed by atoms with van der Waals surface area (Å²) in [6.07, 6.45) is -22.6. The van der Waals surface area contributed by atoms with E-state index in [9.17, 15) is 55.5 Å². The predicted molar refractivity (Wildman–Crippen MR) is 140 cm³/mol. The molecule has 0 bridgehead atoms. The molecule has 0 aromatic rings. The fraction of sp³-hybridized carbons (Fsp3) is 0.920. The van der Waals surface area contributed by atoms with Gasteiger partial charge in [0, 0.05) is 20.4 Å². The molecule has 0 spiro atoms. The number of ether oxygens (including phenoxy) is 6. The Morgan fingerprint density at radius 2 is 1.18 bits per heavy atom. The summed E-state index contributed by atoms with van der Waals surface area (Å²) in [6.45, 7) is 0.516. The zero-order valence-electron chi connectivity index (χ0n) is 24.2. The van der Waals surface area contributed by atoms with Gasteiger partial charge in [-0.05, 0) is 6.42 Å². The van der Waals surface area contributed by atoms with Crippen LogP contribution in [0.25, 0.3) is 0 Å². The van der Waals surface area contributed by atoms with Crippen LogP contribution < -0.4 is 10.6 Å². The SMILES string of the molecule is CC(=O)NCCCOC1OC(CO)C(OC2OC(CO)C(O)C(OC3OC(CO)C(O)C(O)C3O)C2O)C(O)C1NC(C)=O. The summed E-state index contributed by atoms with van der Waals surface area (Å²) < 4.78 is 33.6. The van der Waals surface area contributed by atoms with Crippen molar-refractivity contribution in [3.8, 4) is 0 Å². The van der Waals surface area contributed by atoms with Gasteiger partial charge < -0.3 is 85.0 Å². The first-order chi connectivity index (χ1) is 20.8. The molecule has 256 valence electrons. The van der Waals surface area contributed by atoms with Crippen LogP contribution in [-0.4, -0.2) is 183 Å². The molecule has 2 amide bonds. The summed E-state index contributed by atoms with van der Waals surface area (Å²) in [5, 5.41) is 97.9. The fourth-order valence-electron chi connectivity index (χ4n) is 5.12. The molecule has 19 nitrogen and oxygen atoms in total. The number of hydrogen-bond acceptors (Lipinski definition) is 17. The minimum Gasteiger partial charge on any atom is -0.394 e. The average molecular weight is 645 g/mol. The Kier molecular flexibility index (Phi) is 14.0. The zero-order valence-corrected chi connectivity index (χ0v) is 24.2. The normalized spacial score (nSPS) is 42.9. The van der Waals surface area contributed by atoms with Crippen LogP contribution in [0.15, 0.2) is 0 Å². The lowest BCUT2D eigenvalue weighted by Crippen LogP contribution is -2.68. The second kappa shape index (κ2) is 16.8. The third kappa shape index (κ3) is 8.78. The molecule has 3 fully saturated rings. The second-order valence-electron chi connectivity index (χ2n) is 10.8. The minimum absolute atomic E-state index is 0.0366. The number of hydrogen-bond donors (Lipinski definition) is 11. The number of aliphatic hydroxyl groups excluding tert-OH is 9. The van der Waals surface area contributed by atoms with Crippen molar-refractivity contribution in [3.63, 3.8) is 0 Å². The molecule has 19 heteroatoms. The van der Waals surface area contributed by atoms with E-state index in [4.69, 9.17) is 28.4 Å². The van der Waals surface area contributed by atoms with Gasteiger partial charge in [-0.15, -0.1) is 0 Å². The molecule has 3 rings (SSSR count). The molecule has 0 aromatic carbocycles. The summed E-state index contributed by atoms with van der Waals surface area (Å²) in [5.74, 6) is -0.814. The van der Waals surface area contributed by atoms with Crippen LogP contribution in [0.4, 0.5) is 0 Å². The molecule has 15 atom stereocenters. The van der Waals surface area contributed by atoms with E-state index >= 15 is 0 Å². The standard InChI is InChI=1S/C25H44N2O17/c1-9(31)26-4-3-5-39-23-14(27-10(2)32)17(35)21(13(8-30)42-23)43-25-20(38)22(16(34)12(7-29)41-25)44-24-19(37)18(36)15(33)11(6-28)40-24/h11-25,28-30,33-38H,3-8H2,1-2H3,(H,26,31)(H,27,32). The maximum atomic E-state index is 11.9. The number of aliphatic hydroxyl groups is 9. The van der Waals surface area contributed by atoms with E-state index < -0.39 is 118 Å². The molecule has 15 unspecified atom stereocenters. The maximum absolute atomic E-state index is 11.9. The average Bonchev–Trinajstić information content (AvgIpc) is 2.98. The molecule has 0 aliphatic carbocycles. The van der Waals surface area contributed by atoms with E-state index in [-0.39, 0.29) is 19.1 Å². The van der Waals surface area contributed by atoms with Gasteiger partial charge in [-0.3, -0.25) is 9.59 Å². The van der Waals surface area contributed by atoms with E-state index in [0.29, 0.717) is 6.42 Å². The fourth-order valence-corrected chi connectivity index (χ4v) is 5.12. The Morgan fingerprint density at radius 3 is 1.75 bits per heavy atom. The molecule has 3 aliphatic rings. The smallest absolute Gasteiger partial charge is 0.217 e. The van der Waals surface area contributed by atoms with Crippen LogP contribution in [0.2, 0.25) is 0 Å². The summed E-state index contributed by atoms with van der Waals surface area (Å²) in [7, 11) is 0. The lowest BCUT2D eigenvalue weighted by molar-refractivity contribution is -0.376. The summed E-state index contributed by atoms with van der Waals surface area (Å²) >= 11 is 0. The molecule has 3 heterocycles. The number of carbonyl (C=O) groups excluding carboxylic acids is 2. The third-order valence-corrected chi connectivity index (χ3v) is 7.45. The summed E-state index contributed by atoms with van der Waals surface area (Å²) in [6, 6.07) is -1.25. The predicted octanol–water partition coefficient (Wildman–Crippen LogP) is -6.88. The van der Waals surface area contributed by atoms with Crippen molar-refractivity contribution in [2.24, 2.45) is 0 Å². The minimum atomic E-state index is -1.92. The quantitative estimate of drug-likeness (QED) is 0.0830. The first kappa shape index (κ1) is 36.8. The molecule has 0 aromatic heterocycles. The molecule has 0 radical (unpaired) electrons. The van der Waals surface area contributed by atoms with E-state index in [0.717, 1.165) is 0 Å². The maximum Gasteiger partial charge on any atom is 0.217 e. The highest BCUT2D eigenvalue weighted by molar-refractivity contribution is 5.73. The first-order valence-electron chi connectivity index (χ1n) is 14.2. The third-order valence-electron chi connectivity index (χ3n) is 7.45. The Balaban J connectivity index is 1.76. The zero-order chi connectivity index (χ0) is 32.7. The van der Waals surface area contributed by atoms with Crippen molar-refractivity contribution in [2.45, 2.75) is 112 Å². The molecule has 3 aliphatic heterocycles. The van der Waals surface area contributed by atoms with Gasteiger partial charge in [0.1, 0.15) is 73.2 Å². The Morgan fingerprint density at radius 1 is 0.636 bits per heavy atom. The van der Waals surface area contributed by atoms with Crippen LogP contribution in [0, 0.1) is 0 Å². The van der Waals surface area contributed by atoms with E-state index in [2.05, 4.69) is 10.6 Å². The highest BCUT2D eigenvalue weighted by atomic mass is 16.8. The van der Waals surface area contributed by atoms with Crippen LogP contribution in [0.3, 0.4) is 0 Å². The number of rotatable bonds is 13. The Labute approximate surface area is 252 Å². The van der Waals surface area contributed by atoms with Crippen molar-refractivity contribution in [1.29, 1.82) is 0 Å². The van der Waals surface area contributed by atoms with E-state index in [1.165, 1.54) is 13.8 Å². The van der Waals surface area contributed by atoms with Crippen LogP contribution in [-0.2, 0) is 38.0 Å². The molecule has 3 saturated heterocycles. The Hall–Kier alpha value is -1.66. The van der Waals surface area contributed by atoms with Gasteiger partial charge >= 0.3 is 0 Å². The monoisotopic (exact) mass is 644 g/mol. The lowest BCUT2D eigenvalue weighted by atomic mass is 9.95. The van der Waals surface area contributed by atoms with E-state index in [1.807, 2.05) is 0 Å². The summed E-state index contributed by atoms with van der Waals surface area (Å²) in [4.78, 5) is 23.0. The molecule has 44 heavy (non-hydrogen) atoms. The largest absolute Gasteiger partial charge is 0.394 e. The summed E-state index contributed by atoms with van der Waals surface area (Å²) in [5.41, 5.74) is 0. The second-order valence-corrected chi connectivity index (χ2v) is 10.8. The van der Waals surface area contributed by atoms with Gasteiger partial charge in [0.05, 0.1) is 26.4 Å². The van der Waals surface area contributed by atoms with Crippen molar-refractivity contribution < 1.29 is 84.0 Å². The molecular formula is C25H44N2O17. The van der Waals surface area contributed by atoms with Gasteiger partial charge in [0.15, 0.2) is 18.9 Å². The van der Waals surface area contributed by atoms with Gasteiger partial charge in [0.2, 0.25) is 11.8 Å². The Bertz CT molecular complexity index is 916. The van der Waals surface area contributed by atoms with Crippen molar-refractivity contribution in [1.82, 2.24) is 10.6 Å². The van der Waals surface area contributed by atoms with Crippen molar-refractivity contribution >= 4 is 11.8 Å². The van der Waals surface area contributed by atoms with Crippen molar-refractivity contribution in [2.75, 3.05) is 33.0 Å². The van der Waals surface area contributed by atoms with Crippen LogP contribution in [0.5, 0.6) is 0 Å². The topological polar surface area (TPSA) is 296 Å². The molecule has 0 saturated carbocycles. The highest BCUT2D eigenvalue weighted by Crippen LogP contribution is 2.32. The van der Waals surface area contributed by atoms with Gasteiger partial charge in [-0.2, -0.15) is 0 Å². The number of nitrogens with one attached hydrogen (secondary N) is 2.